The predicted octanol–water partition coefficient (Wildman–Crippen LogP) is -1.05. The smallest absolute Gasteiger partial charge is 0.303 e. The molecule has 7 heteroatoms. The highest BCUT2D eigenvalue weighted by Gasteiger charge is 2.47. The van der Waals surface area contributed by atoms with Crippen LogP contribution < -0.4 is 0 Å². The fourth-order valence-corrected chi connectivity index (χ4v) is 1.65. The number of rotatable bonds is 2. The first-order valence-corrected chi connectivity index (χ1v) is 5.19. The second-order valence-corrected chi connectivity index (χ2v) is 3.87. The first-order valence-electron chi connectivity index (χ1n) is 5.19. The van der Waals surface area contributed by atoms with Crippen LogP contribution in [0.3, 0.4) is 0 Å². The first-order chi connectivity index (χ1) is 7.82. The molecule has 1 rings (SSSR count). The van der Waals surface area contributed by atoms with Gasteiger partial charge in [-0.05, 0) is 6.92 Å². The van der Waals surface area contributed by atoms with Crippen molar-refractivity contribution in [3.63, 3.8) is 0 Å². The molecule has 0 aromatic heterocycles. The van der Waals surface area contributed by atoms with Crippen LogP contribution >= 0.6 is 0 Å². The van der Waals surface area contributed by atoms with E-state index in [1.165, 1.54) is 6.92 Å². The Morgan fingerprint density at radius 1 is 1.06 bits per heavy atom. The van der Waals surface area contributed by atoms with Crippen molar-refractivity contribution < 1.29 is 34.0 Å². The van der Waals surface area contributed by atoms with Gasteiger partial charge in [-0.3, -0.25) is 9.59 Å². The number of ether oxygens (including phenoxy) is 3. The van der Waals surface area contributed by atoms with Gasteiger partial charge in [-0.15, -0.1) is 0 Å². The van der Waals surface area contributed by atoms with Crippen LogP contribution in [0.15, 0.2) is 0 Å². The maximum atomic E-state index is 10.9. The van der Waals surface area contributed by atoms with E-state index in [1.54, 1.807) is 0 Å². The molecule has 1 fully saturated rings. The molecule has 17 heavy (non-hydrogen) atoms. The van der Waals surface area contributed by atoms with Gasteiger partial charge in [0.15, 0.2) is 18.5 Å². The van der Waals surface area contributed by atoms with E-state index in [4.69, 9.17) is 14.2 Å². The largest absolute Gasteiger partial charge is 0.455 e. The Morgan fingerprint density at radius 3 is 2.00 bits per heavy atom. The van der Waals surface area contributed by atoms with Crippen molar-refractivity contribution in [1.82, 2.24) is 0 Å². The van der Waals surface area contributed by atoms with E-state index >= 15 is 0 Å². The van der Waals surface area contributed by atoms with Gasteiger partial charge in [-0.2, -0.15) is 0 Å². The Bertz CT molecular complexity index is 303. The van der Waals surface area contributed by atoms with Crippen molar-refractivity contribution in [1.29, 1.82) is 0 Å². The maximum absolute atomic E-state index is 10.9. The Balaban J connectivity index is 2.86. The number of carbonyl (C=O) groups is 2. The molecule has 0 aliphatic carbocycles. The van der Waals surface area contributed by atoms with E-state index in [0.29, 0.717) is 0 Å². The van der Waals surface area contributed by atoms with Crippen molar-refractivity contribution in [2.24, 2.45) is 0 Å². The Labute approximate surface area is 98.3 Å². The molecule has 1 heterocycles. The summed E-state index contributed by atoms with van der Waals surface area (Å²) in [5.74, 6) is -1.32. The lowest BCUT2D eigenvalue weighted by Crippen LogP contribution is -2.59. The van der Waals surface area contributed by atoms with Gasteiger partial charge in [0.25, 0.3) is 0 Å². The zero-order valence-electron chi connectivity index (χ0n) is 9.82. The van der Waals surface area contributed by atoms with E-state index in [2.05, 4.69) is 0 Å². The minimum atomic E-state index is -1.44. The molecule has 98 valence electrons. The zero-order chi connectivity index (χ0) is 13.2. The molecule has 2 N–H and O–H groups in total. The molecule has 1 aliphatic heterocycles. The number of esters is 2. The van der Waals surface area contributed by atoms with Gasteiger partial charge in [0.05, 0.1) is 6.10 Å². The van der Waals surface area contributed by atoms with Crippen molar-refractivity contribution in [3.05, 3.63) is 0 Å². The summed E-state index contributed by atoms with van der Waals surface area (Å²) in [6.07, 6.45) is -5.73. The molecule has 0 radical (unpaired) electrons. The third-order valence-corrected chi connectivity index (χ3v) is 2.38. The van der Waals surface area contributed by atoms with Crippen LogP contribution in [0.5, 0.6) is 0 Å². The van der Waals surface area contributed by atoms with Gasteiger partial charge in [0, 0.05) is 13.8 Å². The monoisotopic (exact) mass is 248 g/mol. The average Bonchev–Trinajstić information content (AvgIpc) is 2.19. The van der Waals surface area contributed by atoms with Crippen LogP contribution in [-0.2, 0) is 23.8 Å². The molecule has 0 aromatic carbocycles. The van der Waals surface area contributed by atoms with E-state index < -0.39 is 42.6 Å². The van der Waals surface area contributed by atoms with Gasteiger partial charge in [0.2, 0.25) is 0 Å². The lowest BCUT2D eigenvalue weighted by molar-refractivity contribution is -0.285. The van der Waals surface area contributed by atoms with E-state index in [1.807, 2.05) is 0 Å². The molecular weight excluding hydrogens is 232 g/mol. The van der Waals surface area contributed by atoms with Crippen LogP contribution in [0.25, 0.3) is 0 Å². The number of aliphatic hydroxyl groups excluding tert-OH is 2. The summed E-state index contributed by atoms with van der Waals surface area (Å²) >= 11 is 0. The molecule has 0 spiro atoms. The van der Waals surface area contributed by atoms with Crippen molar-refractivity contribution >= 4 is 11.9 Å². The highest BCUT2D eigenvalue weighted by molar-refractivity contribution is 5.67. The van der Waals surface area contributed by atoms with E-state index in [-0.39, 0.29) is 0 Å². The molecule has 1 aliphatic rings. The summed E-state index contributed by atoms with van der Waals surface area (Å²) < 4.78 is 14.6. The van der Waals surface area contributed by atoms with Crippen LogP contribution in [0.4, 0.5) is 0 Å². The molecule has 0 amide bonds. The fraction of sp³-hybridized carbons (Fsp3) is 0.800. The molecule has 0 bridgehead atoms. The number of hydrogen-bond acceptors (Lipinski definition) is 7. The minimum absolute atomic E-state index is 0.646. The summed E-state index contributed by atoms with van der Waals surface area (Å²) in [5, 5.41) is 19.4. The van der Waals surface area contributed by atoms with Gasteiger partial charge in [-0.1, -0.05) is 0 Å². The predicted molar refractivity (Wildman–Crippen MR) is 53.7 cm³/mol. The number of carbonyl (C=O) groups excluding carboxylic acids is 2. The van der Waals surface area contributed by atoms with Crippen molar-refractivity contribution in [2.45, 2.75) is 51.5 Å². The third-order valence-electron chi connectivity index (χ3n) is 2.38. The standard InChI is InChI=1S/C10H16O7/c1-4-7(13)8(16-5(2)11)9(10(14)15-4)17-6(3)12/h4,7-10,13-14H,1-3H3/t4-,7+,8+,9+,10-/m1/s1. The van der Waals surface area contributed by atoms with E-state index in [9.17, 15) is 19.8 Å². The SMILES string of the molecule is CC(=O)O[C@H]1[C@@H](O)[C@@H](C)O[C@@H](O)[C@H]1OC(C)=O. The normalized spacial score (nSPS) is 37.4. The van der Waals surface area contributed by atoms with Crippen molar-refractivity contribution in [2.75, 3.05) is 0 Å². The molecule has 0 unspecified atom stereocenters. The summed E-state index contributed by atoms with van der Waals surface area (Å²) in [5.41, 5.74) is 0. The van der Waals surface area contributed by atoms with Crippen LogP contribution in [0.1, 0.15) is 20.8 Å². The molecule has 7 nitrogen and oxygen atoms in total. The third kappa shape index (κ3) is 3.39. The zero-order valence-corrected chi connectivity index (χ0v) is 9.82. The Hall–Kier alpha value is -1.18. The van der Waals surface area contributed by atoms with Gasteiger partial charge in [-0.25, -0.2) is 0 Å². The topological polar surface area (TPSA) is 102 Å². The van der Waals surface area contributed by atoms with Crippen LogP contribution in [0.2, 0.25) is 0 Å². The van der Waals surface area contributed by atoms with Gasteiger partial charge < -0.3 is 24.4 Å². The van der Waals surface area contributed by atoms with E-state index in [0.717, 1.165) is 13.8 Å². The summed E-state index contributed by atoms with van der Waals surface area (Å²) in [6.45, 7) is 3.81. The minimum Gasteiger partial charge on any atom is -0.455 e. The summed E-state index contributed by atoms with van der Waals surface area (Å²) in [6, 6.07) is 0. The fourth-order valence-electron chi connectivity index (χ4n) is 1.65. The molecule has 5 atom stereocenters. The molecular formula is C10H16O7. The maximum Gasteiger partial charge on any atom is 0.303 e. The van der Waals surface area contributed by atoms with Crippen LogP contribution in [-0.4, -0.2) is 52.9 Å². The van der Waals surface area contributed by atoms with Gasteiger partial charge >= 0.3 is 11.9 Å². The number of aliphatic hydroxyl groups is 2. The first kappa shape index (κ1) is 13.9. The second kappa shape index (κ2) is 5.44. The van der Waals surface area contributed by atoms with Crippen molar-refractivity contribution in [3.8, 4) is 0 Å². The summed E-state index contributed by atoms with van der Waals surface area (Å²) in [4.78, 5) is 21.8. The lowest BCUT2D eigenvalue weighted by atomic mass is 9.99. The molecule has 0 aromatic rings. The van der Waals surface area contributed by atoms with Crippen LogP contribution in [0, 0.1) is 0 Å². The second-order valence-electron chi connectivity index (χ2n) is 3.87. The summed E-state index contributed by atoms with van der Waals surface area (Å²) in [7, 11) is 0. The molecule has 0 saturated carbocycles. The Morgan fingerprint density at radius 2 is 1.53 bits per heavy atom. The van der Waals surface area contributed by atoms with Gasteiger partial charge in [0.1, 0.15) is 6.10 Å². The quantitative estimate of drug-likeness (QED) is 0.601. The Kier molecular flexibility index (Phi) is 4.44. The average molecular weight is 248 g/mol. The highest BCUT2D eigenvalue weighted by Crippen LogP contribution is 2.24. The molecule has 1 saturated heterocycles. The lowest BCUT2D eigenvalue weighted by Gasteiger charge is -2.40. The number of hydrogen-bond donors (Lipinski definition) is 2. The highest BCUT2D eigenvalue weighted by atomic mass is 16.7.